The lowest BCUT2D eigenvalue weighted by molar-refractivity contribution is 0.191. The van der Waals surface area contributed by atoms with Crippen molar-refractivity contribution >= 4 is 15.8 Å². The Morgan fingerprint density at radius 1 is 1.04 bits per heavy atom. The second-order valence-corrected chi connectivity index (χ2v) is 7.23. The first-order chi connectivity index (χ1) is 12.4. The molecule has 0 saturated carbocycles. The van der Waals surface area contributed by atoms with E-state index in [0.717, 1.165) is 11.1 Å². The first-order valence-electron chi connectivity index (χ1n) is 7.85. The molecule has 0 unspecified atom stereocenters. The average molecular weight is 370 g/mol. The molecule has 0 aliphatic rings. The van der Waals surface area contributed by atoms with Crippen LogP contribution in [0, 0.1) is 0 Å². The van der Waals surface area contributed by atoms with Crippen molar-refractivity contribution in [1.82, 2.24) is 9.97 Å². The fourth-order valence-electron chi connectivity index (χ4n) is 2.42. The highest BCUT2D eigenvalue weighted by molar-refractivity contribution is 7.89. The number of nitrogens with two attached hydrogens (primary N) is 1. The van der Waals surface area contributed by atoms with Crippen LogP contribution in [0.1, 0.15) is 11.7 Å². The maximum absolute atomic E-state index is 11.3. The monoisotopic (exact) mass is 370 g/mol. The molecule has 1 atom stereocenters. The van der Waals surface area contributed by atoms with E-state index in [1.165, 1.54) is 18.5 Å². The van der Waals surface area contributed by atoms with Crippen molar-refractivity contribution in [3.05, 3.63) is 72.6 Å². The summed E-state index contributed by atoms with van der Waals surface area (Å²) in [6.45, 7) is 0.296. The van der Waals surface area contributed by atoms with E-state index in [2.05, 4.69) is 15.3 Å². The van der Waals surface area contributed by atoms with Crippen molar-refractivity contribution in [3.8, 4) is 11.3 Å². The fraction of sp³-hybridized carbons (Fsp3) is 0.111. The second-order valence-electron chi connectivity index (χ2n) is 5.67. The van der Waals surface area contributed by atoms with Crippen molar-refractivity contribution in [2.24, 2.45) is 5.14 Å². The number of aliphatic hydroxyl groups excluding tert-OH is 1. The SMILES string of the molecule is NS(=O)(=O)c1ccc(-c2cc(NC[C@@H](O)c3ccccc3)ncn2)cc1. The van der Waals surface area contributed by atoms with Crippen LogP contribution in [0.4, 0.5) is 5.82 Å². The summed E-state index contributed by atoms with van der Waals surface area (Å²) in [6, 6.07) is 17.2. The van der Waals surface area contributed by atoms with E-state index in [1.54, 1.807) is 18.2 Å². The molecule has 0 aliphatic carbocycles. The van der Waals surface area contributed by atoms with Gasteiger partial charge in [-0.1, -0.05) is 42.5 Å². The Labute approximate surface area is 151 Å². The number of aromatic nitrogens is 2. The molecule has 1 heterocycles. The van der Waals surface area contributed by atoms with Gasteiger partial charge in [0, 0.05) is 18.2 Å². The van der Waals surface area contributed by atoms with Gasteiger partial charge >= 0.3 is 0 Å². The first-order valence-corrected chi connectivity index (χ1v) is 9.40. The third-order valence-corrected chi connectivity index (χ3v) is 4.74. The lowest BCUT2D eigenvalue weighted by Crippen LogP contribution is -2.13. The number of hydrogen-bond acceptors (Lipinski definition) is 6. The molecule has 4 N–H and O–H groups in total. The molecule has 26 heavy (non-hydrogen) atoms. The predicted molar refractivity (Wildman–Crippen MR) is 98.7 cm³/mol. The third-order valence-electron chi connectivity index (χ3n) is 3.81. The maximum atomic E-state index is 11.3. The molecule has 3 aromatic rings. The molecule has 0 amide bonds. The van der Waals surface area contributed by atoms with Crippen LogP contribution in [0.2, 0.25) is 0 Å². The molecular formula is C18H18N4O3S. The normalized spacial score (nSPS) is 12.5. The lowest BCUT2D eigenvalue weighted by Gasteiger charge is -2.13. The van der Waals surface area contributed by atoms with Crippen LogP contribution >= 0.6 is 0 Å². The summed E-state index contributed by atoms with van der Waals surface area (Å²) >= 11 is 0. The predicted octanol–water partition coefficient (Wildman–Crippen LogP) is 1.94. The Morgan fingerprint density at radius 3 is 2.38 bits per heavy atom. The van der Waals surface area contributed by atoms with Crippen molar-refractivity contribution < 1.29 is 13.5 Å². The summed E-state index contributed by atoms with van der Waals surface area (Å²) in [5.74, 6) is 0.556. The van der Waals surface area contributed by atoms with Gasteiger partial charge < -0.3 is 10.4 Å². The van der Waals surface area contributed by atoms with Gasteiger partial charge in [0.15, 0.2) is 0 Å². The molecule has 0 fully saturated rings. The minimum Gasteiger partial charge on any atom is -0.387 e. The van der Waals surface area contributed by atoms with Crippen molar-refractivity contribution in [3.63, 3.8) is 0 Å². The number of nitrogens with zero attached hydrogens (tertiary/aromatic N) is 2. The van der Waals surface area contributed by atoms with Crippen molar-refractivity contribution in [2.45, 2.75) is 11.0 Å². The highest BCUT2D eigenvalue weighted by Gasteiger charge is 2.10. The van der Waals surface area contributed by atoms with Crippen LogP contribution in [-0.4, -0.2) is 30.0 Å². The summed E-state index contributed by atoms with van der Waals surface area (Å²) in [5.41, 5.74) is 2.16. The van der Waals surface area contributed by atoms with E-state index in [1.807, 2.05) is 30.3 Å². The van der Waals surface area contributed by atoms with Crippen LogP contribution in [0.3, 0.4) is 0 Å². The van der Waals surface area contributed by atoms with Crippen LogP contribution in [-0.2, 0) is 10.0 Å². The summed E-state index contributed by atoms with van der Waals surface area (Å²) in [7, 11) is -3.73. The fourth-order valence-corrected chi connectivity index (χ4v) is 2.94. The average Bonchev–Trinajstić information content (AvgIpc) is 2.66. The molecule has 3 rings (SSSR count). The second kappa shape index (κ2) is 7.61. The van der Waals surface area contributed by atoms with E-state index in [4.69, 9.17) is 5.14 Å². The van der Waals surface area contributed by atoms with E-state index in [9.17, 15) is 13.5 Å². The molecule has 2 aromatic carbocycles. The zero-order chi connectivity index (χ0) is 18.6. The quantitative estimate of drug-likeness (QED) is 0.610. The molecular weight excluding hydrogens is 352 g/mol. The van der Waals surface area contributed by atoms with E-state index in [-0.39, 0.29) is 4.90 Å². The minimum absolute atomic E-state index is 0.0413. The minimum atomic E-state index is -3.73. The molecule has 134 valence electrons. The van der Waals surface area contributed by atoms with Crippen molar-refractivity contribution in [1.29, 1.82) is 0 Å². The van der Waals surface area contributed by atoms with E-state index in [0.29, 0.717) is 18.1 Å². The molecule has 0 bridgehead atoms. The standard InChI is InChI=1S/C18H18N4O3S/c19-26(24,25)15-8-6-13(7-9-15)16-10-18(22-12-21-16)20-11-17(23)14-4-2-1-3-5-14/h1-10,12,17,23H,11H2,(H2,19,24,25)(H,20,21,22)/t17-/m1/s1. The number of sulfonamides is 1. The summed E-state index contributed by atoms with van der Waals surface area (Å²) < 4.78 is 22.6. The number of aliphatic hydroxyl groups is 1. The van der Waals surface area contributed by atoms with Gasteiger partial charge in [0.1, 0.15) is 12.1 Å². The number of hydrogen-bond donors (Lipinski definition) is 3. The topological polar surface area (TPSA) is 118 Å². The van der Waals surface area contributed by atoms with Gasteiger partial charge in [-0.15, -0.1) is 0 Å². The van der Waals surface area contributed by atoms with Gasteiger partial charge in [0.25, 0.3) is 0 Å². The van der Waals surface area contributed by atoms with E-state index < -0.39 is 16.1 Å². The van der Waals surface area contributed by atoms with Gasteiger partial charge in [-0.2, -0.15) is 0 Å². The Balaban J connectivity index is 1.72. The Hall–Kier alpha value is -2.81. The highest BCUT2D eigenvalue weighted by atomic mass is 32.2. The largest absolute Gasteiger partial charge is 0.387 e. The maximum Gasteiger partial charge on any atom is 0.238 e. The Kier molecular flexibility index (Phi) is 5.27. The van der Waals surface area contributed by atoms with Gasteiger partial charge in [0.2, 0.25) is 10.0 Å². The highest BCUT2D eigenvalue weighted by Crippen LogP contribution is 2.21. The molecule has 0 spiro atoms. The van der Waals surface area contributed by atoms with Crippen LogP contribution < -0.4 is 10.5 Å². The molecule has 7 nitrogen and oxygen atoms in total. The molecule has 0 radical (unpaired) electrons. The first kappa shape index (κ1) is 18.0. The lowest BCUT2D eigenvalue weighted by atomic mass is 10.1. The zero-order valence-corrected chi connectivity index (χ0v) is 14.6. The number of primary sulfonamides is 1. The zero-order valence-electron chi connectivity index (χ0n) is 13.8. The molecule has 1 aromatic heterocycles. The molecule has 8 heteroatoms. The summed E-state index contributed by atoms with van der Waals surface area (Å²) in [4.78, 5) is 8.37. The number of rotatable bonds is 6. The van der Waals surface area contributed by atoms with Crippen LogP contribution in [0.25, 0.3) is 11.3 Å². The van der Waals surface area contributed by atoms with Gasteiger partial charge in [-0.25, -0.2) is 23.5 Å². The molecule has 0 aliphatic heterocycles. The van der Waals surface area contributed by atoms with Gasteiger partial charge in [0.05, 0.1) is 16.7 Å². The van der Waals surface area contributed by atoms with Gasteiger partial charge in [-0.3, -0.25) is 0 Å². The van der Waals surface area contributed by atoms with Crippen LogP contribution in [0.5, 0.6) is 0 Å². The Morgan fingerprint density at radius 2 is 1.73 bits per heavy atom. The van der Waals surface area contributed by atoms with Gasteiger partial charge in [-0.05, 0) is 17.7 Å². The number of anilines is 1. The smallest absolute Gasteiger partial charge is 0.238 e. The molecule has 0 saturated heterocycles. The van der Waals surface area contributed by atoms with Crippen LogP contribution in [0.15, 0.2) is 71.9 Å². The third kappa shape index (κ3) is 4.42. The number of nitrogens with one attached hydrogen (secondary N) is 1. The van der Waals surface area contributed by atoms with E-state index >= 15 is 0 Å². The summed E-state index contributed by atoms with van der Waals surface area (Å²) in [6.07, 6.45) is 0.740. The number of benzene rings is 2. The van der Waals surface area contributed by atoms with Crippen molar-refractivity contribution in [2.75, 3.05) is 11.9 Å². The summed E-state index contributed by atoms with van der Waals surface area (Å²) in [5, 5.41) is 18.4. The Bertz CT molecular complexity index is 977.